The number of hydrogen-bond donors (Lipinski definition) is 3. The maximum Gasteiger partial charge on any atom is 0.257 e. The van der Waals surface area contributed by atoms with Gasteiger partial charge in [-0.3, -0.25) is 9.59 Å². The van der Waals surface area contributed by atoms with E-state index in [1.807, 2.05) is 42.1 Å². The second-order valence-corrected chi connectivity index (χ2v) is 11.7. The summed E-state index contributed by atoms with van der Waals surface area (Å²) in [4.78, 5) is 40.2. The first-order valence-electron chi connectivity index (χ1n) is 16.0. The minimum atomic E-state index is -0.105. The van der Waals surface area contributed by atoms with Crippen molar-refractivity contribution in [3.8, 4) is 5.82 Å². The Balaban J connectivity index is 1.27. The number of rotatable bonds is 9. The Hall–Kier alpha value is -4.70. The van der Waals surface area contributed by atoms with E-state index in [4.69, 9.17) is 4.98 Å². The molecule has 0 aliphatic carbocycles. The average Bonchev–Trinajstić information content (AvgIpc) is 3.51. The molecule has 45 heavy (non-hydrogen) atoms. The van der Waals surface area contributed by atoms with Crippen LogP contribution in [0.2, 0.25) is 0 Å². The van der Waals surface area contributed by atoms with Crippen LogP contribution in [0.1, 0.15) is 59.9 Å². The molecular formula is C35H42N8O2. The number of aromatic nitrogens is 3. The summed E-state index contributed by atoms with van der Waals surface area (Å²) in [7, 11) is 2.14. The smallest absolute Gasteiger partial charge is 0.257 e. The lowest BCUT2D eigenvalue weighted by molar-refractivity contribution is -0.115. The number of carbonyl (C=O) groups excluding carboxylic acids is 2. The summed E-state index contributed by atoms with van der Waals surface area (Å²) in [6.07, 6.45) is 7.30. The van der Waals surface area contributed by atoms with E-state index in [1.54, 1.807) is 0 Å². The summed E-state index contributed by atoms with van der Waals surface area (Å²) >= 11 is 0. The van der Waals surface area contributed by atoms with E-state index in [1.165, 1.54) is 0 Å². The Morgan fingerprint density at radius 2 is 1.64 bits per heavy atom. The van der Waals surface area contributed by atoms with Gasteiger partial charge in [-0.05, 0) is 68.1 Å². The number of para-hydroxylation sites is 1. The molecule has 0 spiro atoms. The van der Waals surface area contributed by atoms with Crippen LogP contribution >= 0.6 is 0 Å². The van der Waals surface area contributed by atoms with Gasteiger partial charge in [0.05, 0.1) is 16.9 Å². The summed E-state index contributed by atoms with van der Waals surface area (Å²) in [5.74, 6) is 1.01. The van der Waals surface area contributed by atoms with Crippen molar-refractivity contribution < 1.29 is 9.59 Å². The van der Waals surface area contributed by atoms with E-state index < -0.39 is 0 Å². The molecule has 0 atom stereocenters. The number of piperazine rings is 1. The fourth-order valence-corrected chi connectivity index (χ4v) is 6.17. The van der Waals surface area contributed by atoms with E-state index in [0.717, 1.165) is 97.1 Å². The zero-order valence-corrected chi connectivity index (χ0v) is 26.6. The molecule has 2 amide bonds. The highest BCUT2D eigenvalue weighted by Gasteiger charge is 2.25. The maximum atomic E-state index is 13.6. The third-order valence-corrected chi connectivity index (χ3v) is 8.89. The number of likely N-dealkylation sites (N-methyl/N-ethyl adjacent to an activating group) is 1. The van der Waals surface area contributed by atoms with Gasteiger partial charge in [-0.15, -0.1) is 0 Å². The van der Waals surface area contributed by atoms with Crippen molar-refractivity contribution in [3.63, 3.8) is 0 Å². The lowest BCUT2D eigenvalue weighted by atomic mass is 10.0. The highest BCUT2D eigenvalue weighted by Crippen LogP contribution is 2.33. The van der Waals surface area contributed by atoms with Crippen molar-refractivity contribution in [2.75, 3.05) is 54.1 Å². The third-order valence-electron chi connectivity index (χ3n) is 8.89. The fraction of sp³-hybridized carbons (Fsp3) is 0.371. The molecule has 4 aromatic rings. The molecule has 234 valence electrons. The first-order chi connectivity index (χ1) is 21.9. The van der Waals surface area contributed by atoms with Crippen molar-refractivity contribution in [3.05, 3.63) is 82.8 Å². The van der Waals surface area contributed by atoms with Gasteiger partial charge in [0.15, 0.2) is 0 Å². The highest BCUT2D eigenvalue weighted by atomic mass is 16.2. The summed E-state index contributed by atoms with van der Waals surface area (Å²) in [5, 5.41) is 9.63. The Bertz CT molecular complexity index is 1700. The number of hydrogen-bond acceptors (Lipinski definition) is 7. The lowest BCUT2D eigenvalue weighted by Gasteiger charge is -2.34. The number of benzene rings is 2. The summed E-state index contributed by atoms with van der Waals surface area (Å²) < 4.78 is 2.00. The molecule has 10 nitrogen and oxygen atoms in total. The SMILES string of the molecule is CCC(=O)Nc1cc(N2CCN(C)CC2)ccc1Nc1ncc2c(n1)-n1ccc(C(=O)Nc3c(CC)cccc3CC)c1CC2. The fourth-order valence-electron chi connectivity index (χ4n) is 6.17. The Labute approximate surface area is 264 Å². The molecule has 2 aromatic carbocycles. The van der Waals surface area contributed by atoms with Crippen LogP contribution in [-0.2, 0) is 30.5 Å². The normalized spacial score (nSPS) is 14.4. The minimum absolute atomic E-state index is 0.0599. The number of nitrogens with zero attached hydrogens (tertiary/aromatic N) is 5. The molecule has 3 N–H and O–H groups in total. The molecule has 2 aliphatic rings. The quantitative estimate of drug-likeness (QED) is 0.228. The molecule has 1 fully saturated rings. The molecule has 2 aliphatic heterocycles. The van der Waals surface area contributed by atoms with Gasteiger partial charge in [0, 0.05) is 67.6 Å². The molecule has 0 bridgehead atoms. The van der Waals surface area contributed by atoms with Crippen LogP contribution in [0.4, 0.5) is 28.7 Å². The van der Waals surface area contributed by atoms with Crippen LogP contribution in [0.3, 0.4) is 0 Å². The van der Waals surface area contributed by atoms with Gasteiger partial charge in [0.1, 0.15) is 5.82 Å². The highest BCUT2D eigenvalue weighted by molar-refractivity contribution is 6.06. The number of anilines is 5. The van der Waals surface area contributed by atoms with E-state index in [9.17, 15) is 9.59 Å². The average molecular weight is 607 g/mol. The maximum absolute atomic E-state index is 13.6. The van der Waals surface area contributed by atoms with Crippen molar-refractivity contribution in [1.29, 1.82) is 0 Å². The predicted molar refractivity (Wildman–Crippen MR) is 180 cm³/mol. The number of carbonyl (C=O) groups is 2. The number of amides is 2. The molecular weight excluding hydrogens is 564 g/mol. The Morgan fingerprint density at radius 3 is 2.36 bits per heavy atom. The molecule has 2 aromatic heterocycles. The van der Waals surface area contributed by atoms with Crippen molar-refractivity contribution in [1.82, 2.24) is 19.4 Å². The van der Waals surface area contributed by atoms with Crippen LogP contribution in [0, 0.1) is 0 Å². The first-order valence-corrected chi connectivity index (χ1v) is 16.0. The van der Waals surface area contributed by atoms with Gasteiger partial charge in [-0.2, -0.15) is 4.98 Å². The number of fused-ring (bicyclic) bond motifs is 3. The van der Waals surface area contributed by atoms with E-state index >= 15 is 0 Å². The standard InChI is InChI=1S/C35H42N8O2/c1-5-23-9-8-10-24(6-2)32(23)39-34(45)27-15-16-43-30(27)14-11-25-22-36-35(40-33(25)43)38-28-13-12-26(21-29(28)37-31(44)7-3)42-19-17-41(4)18-20-42/h8-10,12-13,15-16,21-22H,5-7,11,14,17-20H2,1-4H3,(H,37,44)(H,39,45)(H,36,38,40). The molecule has 4 heterocycles. The second-order valence-electron chi connectivity index (χ2n) is 11.7. The van der Waals surface area contributed by atoms with E-state index in [2.05, 4.69) is 75.9 Å². The molecule has 1 saturated heterocycles. The van der Waals surface area contributed by atoms with Gasteiger partial charge in [0.25, 0.3) is 5.91 Å². The molecule has 0 radical (unpaired) electrons. The lowest BCUT2D eigenvalue weighted by Crippen LogP contribution is -2.44. The largest absolute Gasteiger partial charge is 0.369 e. The predicted octanol–water partition coefficient (Wildman–Crippen LogP) is 5.59. The van der Waals surface area contributed by atoms with E-state index in [0.29, 0.717) is 23.6 Å². The minimum Gasteiger partial charge on any atom is -0.369 e. The van der Waals surface area contributed by atoms with Crippen LogP contribution < -0.4 is 20.9 Å². The van der Waals surface area contributed by atoms with Crippen molar-refractivity contribution in [2.45, 2.75) is 52.9 Å². The zero-order valence-electron chi connectivity index (χ0n) is 26.6. The third kappa shape index (κ3) is 6.28. The topological polar surface area (TPSA) is 107 Å². The van der Waals surface area contributed by atoms with Gasteiger partial charge in [-0.1, -0.05) is 39.0 Å². The van der Waals surface area contributed by atoms with Crippen LogP contribution in [0.5, 0.6) is 0 Å². The van der Waals surface area contributed by atoms with Gasteiger partial charge >= 0.3 is 0 Å². The monoisotopic (exact) mass is 606 g/mol. The van der Waals surface area contributed by atoms with Crippen LogP contribution in [0.25, 0.3) is 5.82 Å². The van der Waals surface area contributed by atoms with Gasteiger partial charge < -0.3 is 30.3 Å². The van der Waals surface area contributed by atoms with Crippen LogP contribution in [-0.4, -0.2) is 64.5 Å². The molecule has 10 heteroatoms. The van der Waals surface area contributed by atoms with Crippen molar-refractivity contribution >= 4 is 40.5 Å². The number of aryl methyl sites for hydroxylation is 3. The Kier molecular flexibility index (Phi) is 8.84. The van der Waals surface area contributed by atoms with Crippen molar-refractivity contribution in [2.24, 2.45) is 0 Å². The molecule has 0 saturated carbocycles. The van der Waals surface area contributed by atoms with Crippen LogP contribution in [0.15, 0.2) is 54.9 Å². The molecule has 0 unspecified atom stereocenters. The van der Waals surface area contributed by atoms with Gasteiger partial charge in [0.2, 0.25) is 11.9 Å². The summed E-state index contributed by atoms with van der Waals surface area (Å²) in [5.41, 5.74) is 8.29. The zero-order chi connectivity index (χ0) is 31.5. The summed E-state index contributed by atoms with van der Waals surface area (Å²) in [6.45, 7) is 9.91. The first kappa shape index (κ1) is 30.3. The van der Waals surface area contributed by atoms with Gasteiger partial charge in [-0.25, -0.2) is 4.98 Å². The summed E-state index contributed by atoms with van der Waals surface area (Å²) in [6, 6.07) is 14.2. The van der Waals surface area contributed by atoms with E-state index in [-0.39, 0.29) is 11.8 Å². The number of nitrogens with one attached hydrogen (secondary N) is 3. The second kappa shape index (κ2) is 13.1. The Morgan fingerprint density at radius 1 is 0.889 bits per heavy atom. The molecule has 6 rings (SSSR count).